The number of nitriles is 1. The van der Waals surface area contributed by atoms with Gasteiger partial charge in [-0.2, -0.15) is 5.26 Å². The fourth-order valence-electron chi connectivity index (χ4n) is 3.45. The number of nitrogens with zero attached hydrogens (tertiary/aromatic N) is 2. The highest BCUT2D eigenvalue weighted by molar-refractivity contribution is 8.18. The zero-order chi connectivity index (χ0) is 24.9. The molecule has 1 heterocycles. The SMILES string of the molecule is COc1cc(/C=C2/SC(=O)N(Cc3ccccc3C#N)C2=O)cc(Cl)c1OCc1ccccc1Cl. The van der Waals surface area contributed by atoms with Gasteiger partial charge in [0.15, 0.2) is 11.5 Å². The predicted octanol–water partition coefficient (Wildman–Crippen LogP) is 6.69. The van der Waals surface area contributed by atoms with Gasteiger partial charge in [0.25, 0.3) is 11.1 Å². The van der Waals surface area contributed by atoms with Gasteiger partial charge in [-0.3, -0.25) is 14.5 Å². The van der Waals surface area contributed by atoms with Crippen LogP contribution in [0.1, 0.15) is 22.3 Å². The van der Waals surface area contributed by atoms with E-state index in [1.807, 2.05) is 18.2 Å². The molecule has 1 aliphatic heterocycles. The van der Waals surface area contributed by atoms with E-state index in [9.17, 15) is 14.9 Å². The Morgan fingerprint density at radius 3 is 2.46 bits per heavy atom. The summed E-state index contributed by atoms with van der Waals surface area (Å²) in [6.07, 6.45) is 1.58. The molecular formula is C26H18Cl2N2O4S. The minimum atomic E-state index is -0.443. The fraction of sp³-hybridized carbons (Fsp3) is 0.115. The number of hydrogen-bond acceptors (Lipinski definition) is 6. The molecule has 0 unspecified atom stereocenters. The molecule has 6 nitrogen and oxygen atoms in total. The summed E-state index contributed by atoms with van der Waals surface area (Å²) in [6.45, 7) is 0.211. The van der Waals surface area contributed by atoms with Crippen LogP contribution in [0.4, 0.5) is 4.79 Å². The van der Waals surface area contributed by atoms with E-state index in [0.29, 0.717) is 33.2 Å². The lowest BCUT2D eigenvalue weighted by molar-refractivity contribution is -0.123. The number of amides is 2. The number of carbonyl (C=O) groups excluding carboxylic acids is 2. The molecule has 35 heavy (non-hydrogen) atoms. The van der Waals surface area contributed by atoms with Crippen molar-refractivity contribution in [1.82, 2.24) is 4.90 Å². The molecule has 0 atom stereocenters. The highest BCUT2D eigenvalue weighted by Gasteiger charge is 2.35. The Morgan fingerprint density at radius 2 is 1.74 bits per heavy atom. The van der Waals surface area contributed by atoms with E-state index in [4.69, 9.17) is 32.7 Å². The van der Waals surface area contributed by atoms with Crippen molar-refractivity contribution < 1.29 is 19.1 Å². The lowest BCUT2D eigenvalue weighted by atomic mass is 10.1. The lowest BCUT2D eigenvalue weighted by Gasteiger charge is -2.14. The van der Waals surface area contributed by atoms with Gasteiger partial charge >= 0.3 is 0 Å². The quantitative estimate of drug-likeness (QED) is 0.320. The molecule has 9 heteroatoms. The lowest BCUT2D eigenvalue weighted by Crippen LogP contribution is -2.27. The smallest absolute Gasteiger partial charge is 0.293 e. The maximum absolute atomic E-state index is 13.0. The summed E-state index contributed by atoms with van der Waals surface area (Å²) in [6, 6.07) is 19.6. The zero-order valence-electron chi connectivity index (χ0n) is 18.5. The molecule has 0 aliphatic carbocycles. The molecule has 4 rings (SSSR count). The van der Waals surface area contributed by atoms with Crippen LogP contribution in [0.15, 0.2) is 65.6 Å². The van der Waals surface area contributed by atoms with Crippen LogP contribution in [0.2, 0.25) is 10.0 Å². The van der Waals surface area contributed by atoms with E-state index >= 15 is 0 Å². The van der Waals surface area contributed by atoms with Crippen LogP contribution in [0.25, 0.3) is 6.08 Å². The van der Waals surface area contributed by atoms with Gasteiger partial charge in [-0.15, -0.1) is 0 Å². The van der Waals surface area contributed by atoms with Gasteiger partial charge in [-0.25, -0.2) is 0 Å². The van der Waals surface area contributed by atoms with Crippen molar-refractivity contribution in [2.75, 3.05) is 7.11 Å². The highest BCUT2D eigenvalue weighted by Crippen LogP contribution is 2.40. The number of benzene rings is 3. The predicted molar refractivity (Wildman–Crippen MR) is 136 cm³/mol. The van der Waals surface area contributed by atoms with Crippen molar-refractivity contribution in [2.24, 2.45) is 0 Å². The molecule has 1 saturated heterocycles. The number of rotatable bonds is 7. The molecule has 0 saturated carbocycles. The largest absolute Gasteiger partial charge is 0.493 e. The van der Waals surface area contributed by atoms with E-state index in [-0.39, 0.29) is 23.1 Å². The average Bonchev–Trinajstić information content (AvgIpc) is 3.11. The summed E-state index contributed by atoms with van der Waals surface area (Å²) >= 11 is 13.5. The second-order valence-electron chi connectivity index (χ2n) is 7.45. The standard InChI is InChI=1S/C26H18Cl2N2O4S/c1-33-22-11-16(10-21(28)24(22)34-15-19-8-4-5-9-20(19)27)12-23-25(31)30(26(32)35-23)14-18-7-3-2-6-17(18)13-29/h2-12H,14-15H2,1H3/b23-12+. The first-order valence-electron chi connectivity index (χ1n) is 10.4. The number of hydrogen-bond donors (Lipinski definition) is 0. The molecule has 0 aromatic heterocycles. The molecule has 0 radical (unpaired) electrons. The van der Waals surface area contributed by atoms with Crippen LogP contribution in [0.3, 0.4) is 0 Å². The first-order valence-corrected chi connectivity index (χ1v) is 12.0. The van der Waals surface area contributed by atoms with Crippen molar-refractivity contribution in [2.45, 2.75) is 13.2 Å². The third kappa shape index (κ3) is 5.46. The summed E-state index contributed by atoms with van der Waals surface area (Å²) in [5.74, 6) is 0.271. The van der Waals surface area contributed by atoms with Crippen LogP contribution < -0.4 is 9.47 Å². The van der Waals surface area contributed by atoms with Gasteiger partial charge in [0.05, 0.1) is 35.2 Å². The first kappa shape index (κ1) is 24.7. The Hall–Kier alpha value is -3.44. The monoisotopic (exact) mass is 524 g/mol. The molecule has 0 bridgehead atoms. The number of methoxy groups -OCH3 is 1. The Balaban J connectivity index is 1.55. The van der Waals surface area contributed by atoms with Gasteiger partial charge in [0, 0.05) is 10.6 Å². The average molecular weight is 525 g/mol. The van der Waals surface area contributed by atoms with Crippen LogP contribution in [-0.4, -0.2) is 23.2 Å². The van der Waals surface area contributed by atoms with Gasteiger partial charge in [0.1, 0.15) is 6.61 Å². The number of ether oxygens (including phenoxy) is 2. The summed E-state index contributed by atoms with van der Waals surface area (Å²) in [7, 11) is 1.48. The molecule has 2 amide bonds. The van der Waals surface area contributed by atoms with Crippen LogP contribution >= 0.6 is 35.0 Å². The van der Waals surface area contributed by atoms with Crippen molar-refractivity contribution >= 4 is 52.2 Å². The molecule has 1 fully saturated rings. The van der Waals surface area contributed by atoms with Crippen molar-refractivity contribution in [3.05, 3.63) is 97.9 Å². The second-order valence-corrected chi connectivity index (χ2v) is 9.26. The topological polar surface area (TPSA) is 79.6 Å². The van der Waals surface area contributed by atoms with Crippen molar-refractivity contribution in [3.63, 3.8) is 0 Å². The third-order valence-electron chi connectivity index (χ3n) is 5.22. The summed E-state index contributed by atoms with van der Waals surface area (Å²) in [5.41, 5.74) is 2.38. The van der Waals surface area contributed by atoms with Gasteiger partial charge in [-0.1, -0.05) is 59.6 Å². The van der Waals surface area contributed by atoms with Crippen LogP contribution in [0.5, 0.6) is 11.5 Å². The highest BCUT2D eigenvalue weighted by atomic mass is 35.5. The molecule has 3 aromatic carbocycles. The van der Waals surface area contributed by atoms with Crippen molar-refractivity contribution in [1.29, 1.82) is 5.26 Å². The van der Waals surface area contributed by atoms with Gasteiger partial charge in [-0.05, 0) is 53.2 Å². The summed E-state index contributed by atoms with van der Waals surface area (Å²) in [5, 5.41) is 9.74. The molecule has 0 N–H and O–H groups in total. The second kappa shape index (κ2) is 10.9. The normalized spacial score (nSPS) is 14.3. The van der Waals surface area contributed by atoms with Crippen LogP contribution in [0, 0.1) is 11.3 Å². The minimum absolute atomic E-state index is 0.0185. The van der Waals surface area contributed by atoms with E-state index in [1.165, 1.54) is 7.11 Å². The third-order valence-corrected chi connectivity index (χ3v) is 6.78. The van der Waals surface area contributed by atoms with E-state index in [2.05, 4.69) is 6.07 Å². The molecule has 3 aromatic rings. The van der Waals surface area contributed by atoms with Gasteiger partial charge in [0.2, 0.25) is 0 Å². The number of thioether (sulfide) groups is 1. The van der Waals surface area contributed by atoms with Crippen molar-refractivity contribution in [3.8, 4) is 17.6 Å². The Morgan fingerprint density at radius 1 is 1.03 bits per heavy atom. The maximum Gasteiger partial charge on any atom is 0.293 e. The van der Waals surface area contributed by atoms with E-state index in [1.54, 1.807) is 48.5 Å². The van der Waals surface area contributed by atoms with Gasteiger partial charge < -0.3 is 9.47 Å². The first-order chi connectivity index (χ1) is 16.9. The Kier molecular flexibility index (Phi) is 7.67. The Bertz CT molecular complexity index is 1380. The zero-order valence-corrected chi connectivity index (χ0v) is 20.8. The van der Waals surface area contributed by atoms with Crippen LogP contribution in [-0.2, 0) is 17.9 Å². The number of halogens is 2. The number of carbonyl (C=O) groups is 2. The molecule has 1 aliphatic rings. The van der Waals surface area contributed by atoms with E-state index in [0.717, 1.165) is 22.2 Å². The van der Waals surface area contributed by atoms with E-state index < -0.39 is 11.1 Å². The summed E-state index contributed by atoms with van der Waals surface area (Å²) < 4.78 is 11.3. The minimum Gasteiger partial charge on any atom is -0.493 e. The maximum atomic E-state index is 13.0. The fourth-order valence-corrected chi connectivity index (χ4v) is 4.76. The molecular weight excluding hydrogens is 507 g/mol. The number of imide groups is 1. The Labute approximate surface area is 216 Å². The molecule has 176 valence electrons. The summed E-state index contributed by atoms with van der Waals surface area (Å²) in [4.78, 5) is 26.9. The molecule has 0 spiro atoms.